The van der Waals surface area contributed by atoms with Gasteiger partial charge in [0.2, 0.25) is 12.7 Å². The van der Waals surface area contributed by atoms with E-state index in [1.165, 1.54) is 24.0 Å². The minimum absolute atomic E-state index is 0.192. The summed E-state index contributed by atoms with van der Waals surface area (Å²) < 4.78 is 16.5. The lowest BCUT2D eigenvalue weighted by atomic mass is 9.93. The summed E-state index contributed by atoms with van der Waals surface area (Å²) in [6.07, 6.45) is 5.72. The molecule has 6 heteroatoms. The maximum atomic E-state index is 13.4. The van der Waals surface area contributed by atoms with Crippen LogP contribution in [0.25, 0.3) is 0 Å². The summed E-state index contributed by atoms with van der Waals surface area (Å²) in [7, 11) is 1.69. The summed E-state index contributed by atoms with van der Waals surface area (Å²) in [6, 6.07) is 15.2. The zero-order valence-corrected chi connectivity index (χ0v) is 19.7. The van der Waals surface area contributed by atoms with Crippen LogP contribution in [0, 0.1) is 0 Å². The zero-order valence-electron chi connectivity index (χ0n) is 19.7. The first-order valence-electron chi connectivity index (χ1n) is 12.2. The van der Waals surface area contributed by atoms with Gasteiger partial charge in [0, 0.05) is 25.2 Å². The second-order valence-corrected chi connectivity index (χ2v) is 9.38. The van der Waals surface area contributed by atoms with Crippen molar-refractivity contribution in [2.75, 3.05) is 33.5 Å². The fraction of sp³-hybridized carbons (Fsp3) is 0.519. The number of hydrogen-bond donors (Lipinski definition) is 0. The van der Waals surface area contributed by atoms with Crippen LogP contribution in [0.4, 0.5) is 0 Å². The molecular weight excluding hydrogens is 416 g/mol. The molecule has 1 saturated carbocycles. The highest BCUT2D eigenvalue weighted by Gasteiger charge is 2.37. The van der Waals surface area contributed by atoms with Crippen molar-refractivity contribution in [2.45, 2.75) is 57.0 Å². The molecule has 0 bridgehead atoms. The fourth-order valence-corrected chi connectivity index (χ4v) is 5.78. The number of benzene rings is 2. The summed E-state index contributed by atoms with van der Waals surface area (Å²) >= 11 is 0. The van der Waals surface area contributed by atoms with Gasteiger partial charge in [0.1, 0.15) is 5.75 Å². The maximum Gasteiger partial charge on any atom is 0.237 e. The molecule has 3 aliphatic rings. The van der Waals surface area contributed by atoms with E-state index in [1.54, 1.807) is 7.11 Å². The molecule has 2 aromatic carbocycles. The summed E-state index contributed by atoms with van der Waals surface area (Å²) in [4.78, 5) is 17.9. The van der Waals surface area contributed by atoms with E-state index in [0.29, 0.717) is 18.5 Å². The smallest absolute Gasteiger partial charge is 0.237 e. The normalized spacial score (nSPS) is 22.6. The second kappa shape index (κ2) is 9.64. The highest BCUT2D eigenvalue weighted by atomic mass is 16.7. The van der Waals surface area contributed by atoms with Crippen LogP contribution < -0.4 is 14.2 Å². The van der Waals surface area contributed by atoms with Gasteiger partial charge in [0.15, 0.2) is 11.5 Å². The van der Waals surface area contributed by atoms with Crippen LogP contribution in [0.5, 0.6) is 17.2 Å². The van der Waals surface area contributed by atoms with Crippen LogP contribution >= 0.6 is 0 Å². The number of methoxy groups -OCH3 is 1. The topological polar surface area (TPSA) is 51.2 Å². The molecule has 2 atom stereocenters. The van der Waals surface area contributed by atoms with Crippen molar-refractivity contribution >= 4 is 5.91 Å². The van der Waals surface area contributed by atoms with E-state index in [4.69, 9.17) is 14.2 Å². The van der Waals surface area contributed by atoms with Crippen molar-refractivity contribution in [3.05, 3.63) is 53.6 Å². The Morgan fingerprint density at radius 3 is 2.52 bits per heavy atom. The molecule has 33 heavy (non-hydrogen) atoms. The van der Waals surface area contributed by atoms with Crippen LogP contribution in [-0.2, 0) is 4.79 Å². The average molecular weight is 451 g/mol. The maximum absolute atomic E-state index is 13.4. The molecule has 0 N–H and O–H groups in total. The predicted octanol–water partition coefficient (Wildman–Crippen LogP) is 4.75. The molecule has 0 aromatic heterocycles. The van der Waals surface area contributed by atoms with Gasteiger partial charge in [-0.25, -0.2) is 0 Å². The van der Waals surface area contributed by atoms with Gasteiger partial charge in [-0.3, -0.25) is 9.69 Å². The number of amides is 1. The number of likely N-dealkylation sites (N-methyl/N-ethyl adjacent to an activating group) is 1. The Morgan fingerprint density at radius 1 is 1.06 bits per heavy atom. The molecule has 0 radical (unpaired) electrons. The first kappa shape index (κ1) is 22.1. The van der Waals surface area contributed by atoms with Gasteiger partial charge in [-0.1, -0.05) is 31.0 Å². The molecule has 6 nitrogen and oxygen atoms in total. The summed E-state index contributed by atoms with van der Waals surface area (Å²) in [6.45, 7) is 4.49. The molecule has 2 fully saturated rings. The van der Waals surface area contributed by atoms with Crippen molar-refractivity contribution in [2.24, 2.45) is 0 Å². The largest absolute Gasteiger partial charge is 0.497 e. The third-order valence-electron chi connectivity index (χ3n) is 7.54. The van der Waals surface area contributed by atoms with Crippen molar-refractivity contribution in [1.82, 2.24) is 9.80 Å². The first-order chi connectivity index (χ1) is 16.2. The van der Waals surface area contributed by atoms with Crippen LogP contribution in [0.2, 0.25) is 0 Å². The van der Waals surface area contributed by atoms with Gasteiger partial charge >= 0.3 is 0 Å². The molecule has 1 saturated heterocycles. The van der Waals surface area contributed by atoms with Crippen LogP contribution in [-0.4, -0.2) is 55.3 Å². The predicted molar refractivity (Wildman–Crippen MR) is 127 cm³/mol. The number of hydrogen-bond acceptors (Lipinski definition) is 5. The number of likely N-dealkylation sites (tertiary alicyclic amines) is 1. The van der Waals surface area contributed by atoms with E-state index in [-0.39, 0.29) is 18.7 Å². The minimum atomic E-state index is 0.192. The Hall–Kier alpha value is -2.73. The van der Waals surface area contributed by atoms with E-state index in [9.17, 15) is 4.79 Å². The van der Waals surface area contributed by atoms with E-state index < -0.39 is 0 Å². The lowest BCUT2D eigenvalue weighted by molar-refractivity contribution is -0.134. The van der Waals surface area contributed by atoms with Crippen molar-refractivity contribution in [1.29, 1.82) is 0 Å². The lowest BCUT2D eigenvalue weighted by Crippen LogP contribution is -2.44. The molecular formula is C27H34N2O4. The number of carbonyl (C=O) groups excluding carboxylic acids is 1. The summed E-state index contributed by atoms with van der Waals surface area (Å²) in [5, 5.41) is 0. The average Bonchev–Trinajstić information content (AvgIpc) is 3.60. The van der Waals surface area contributed by atoms with E-state index >= 15 is 0 Å². The fourth-order valence-electron chi connectivity index (χ4n) is 5.78. The molecule has 2 aromatic rings. The van der Waals surface area contributed by atoms with Crippen LogP contribution in [0.3, 0.4) is 0 Å². The zero-order chi connectivity index (χ0) is 22.8. The number of ether oxygens (including phenoxy) is 3. The van der Waals surface area contributed by atoms with Gasteiger partial charge in [-0.15, -0.1) is 0 Å². The standard InChI is InChI=1S/C27H34N2O4/c1-3-29(22-6-4-5-7-22)27(30)17-28-16-21(20-10-13-25-26(15-20)33-18-32-25)14-24(28)19-8-11-23(31-2)12-9-19/h8-13,15,21-22,24H,3-7,14,16-18H2,1-2H3. The van der Waals surface area contributed by atoms with Gasteiger partial charge < -0.3 is 19.1 Å². The van der Waals surface area contributed by atoms with E-state index in [1.807, 2.05) is 18.2 Å². The third-order valence-corrected chi connectivity index (χ3v) is 7.54. The number of fused-ring (bicyclic) bond motifs is 1. The van der Waals surface area contributed by atoms with E-state index in [2.05, 4.69) is 41.0 Å². The van der Waals surface area contributed by atoms with Crippen molar-refractivity contribution in [3.63, 3.8) is 0 Å². The van der Waals surface area contributed by atoms with Gasteiger partial charge in [-0.05, 0) is 67.5 Å². The molecule has 2 heterocycles. The highest BCUT2D eigenvalue weighted by molar-refractivity contribution is 5.78. The highest BCUT2D eigenvalue weighted by Crippen LogP contribution is 2.43. The third kappa shape index (κ3) is 4.54. The number of rotatable bonds is 7. The van der Waals surface area contributed by atoms with Crippen LogP contribution in [0.15, 0.2) is 42.5 Å². The summed E-state index contributed by atoms with van der Waals surface area (Å²) in [5.74, 6) is 3.08. The molecule has 0 spiro atoms. The van der Waals surface area contributed by atoms with Gasteiger partial charge in [-0.2, -0.15) is 0 Å². The van der Waals surface area contributed by atoms with Gasteiger partial charge in [0.25, 0.3) is 0 Å². The Balaban J connectivity index is 1.38. The summed E-state index contributed by atoms with van der Waals surface area (Å²) in [5.41, 5.74) is 2.48. The lowest BCUT2D eigenvalue weighted by Gasteiger charge is -2.31. The molecule has 1 amide bonds. The Labute approximate surface area is 196 Å². The Morgan fingerprint density at radius 2 is 1.79 bits per heavy atom. The molecule has 5 rings (SSSR count). The van der Waals surface area contributed by atoms with Gasteiger partial charge in [0.05, 0.1) is 13.7 Å². The van der Waals surface area contributed by atoms with E-state index in [0.717, 1.165) is 49.6 Å². The van der Waals surface area contributed by atoms with Crippen molar-refractivity contribution < 1.29 is 19.0 Å². The second-order valence-electron chi connectivity index (χ2n) is 9.38. The monoisotopic (exact) mass is 450 g/mol. The quantitative estimate of drug-likeness (QED) is 0.610. The number of carbonyl (C=O) groups is 1. The Bertz CT molecular complexity index is 971. The first-order valence-corrected chi connectivity index (χ1v) is 12.2. The molecule has 2 unspecified atom stereocenters. The minimum Gasteiger partial charge on any atom is -0.497 e. The molecule has 1 aliphatic carbocycles. The molecule has 2 aliphatic heterocycles. The number of nitrogens with zero attached hydrogens (tertiary/aromatic N) is 2. The van der Waals surface area contributed by atoms with Crippen LogP contribution in [0.1, 0.15) is 62.1 Å². The molecule has 176 valence electrons. The van der Waals surface area contributed by atoms with Crippen molar-refractivity contribution in [3.8, 4) is 17.2 Å². The SMILES string of the molecule is CCN(C(=O)CN1CC(c2ccc3c(c2)OCO3)CC1c1ccc(OC)cc1)C1CCCC1. The Kier molecular flexibility index (Phi) is 6.45.